The van der Waals surface area contributed by atoms with Gasteiger partial charge in [0.05, 0.1) is 11.9 Å². The first kappa shape index (κ1) is 16.8. The molecule has 0 aromatic carbocycles. The molecule has 0 unspecified atom stereocenters. The quantitative estimate of drug-likeness (QED) is 0.909. The Kier molecular flexibility index (Phi) is 4.44. The summed E-state index contributed by atoms with van der Waals surface area (Å²) in [4.78, 5) is 29.8. The maximum atomic E-state index is 11.8. The smallest absolute Gasteiger partial charge is 0.228 e. The molecule has 7 heteroatoms. The van der Waals surface area contributed by atoms with Crippen LogP contribution in [0.3, 0.4) is 0 Å². The zero-order valence-electron chi connectivity index (χ0n) is 15.3. The summed E-state index contributed by atoms with van der Waals surface area (Å²) >= 11 is 0. The van der Waals surface area contributed by atoms with E-state index in [1.807, 2.05) is 38.2 Å². The Morgan fingerprint density at radius 2 is 1.69 bits per heavy atom. The number of rotatable bonds is 4. The van der Waals surface area contributed by atoms with E-state index in [1.165, 1.54) is 0 Å². The van der Waals surface area contributed by atoms with Gasteiger partial charge in [0.1, 0.15) is 5.82 Å². The maximum absolute atomic E-state index is 11.8. The average molecular weight is 352 g/mol. The molecule has 1 aliphatic heterocycles. The Bertz CT molecular complexity index is 774. The lowest BCUT2D eigenvalue weighted by atomic mass is 10.2. The van der Waals surface area contributed by atoms with Gasteiger partial charge in [0.25, 0.3) is 0 Å². The molecule has 0 bridgehead atoms. The second-order valence-electron chi connectivity index (χ2n) is 7.09. The standard InChI is InChI=1S/C19H24N6O/c1-13-11-14(2)22-19(21-13)25-9-7-24(8-10-25)16-5-6-17(20-12-16)23-18(26)15-3-4-15/h5-6,11-12,15H,3-4,7-10H2,1-2H3,(H,20,23,26). The minimum Gasteiger partial charge on any atom is -0.367 e. The summed E-state index contributed by atoms with van der Waals surface area (Å²) in [6.07, 6.45) is 3.84. The minimum absolute atomic E-state index is 0.0901. The van der Waals surface area contributed by atoms with Crippen molar-refractivity contribution in [2.24, 2.45) is 5.92 Å². The molecule has 1 saturated heterocycles. The predicted octanol–water partition coefficient (Wildman–Crippen LogP) is 2.16. The molecular weight excluding hydrogens is 328 g/mol. The normalized spacial score (nSPS) is 17.3. The van der Waals surface area contributed by atoms with Crippen molar-refractivity contribution in [3.05, 3.63) is 35.8 Å². The highest BCUT2D eigenvalue weighted by atomic mass is 16.2. The Labute approximate surface area is 153 Å². The molecule has 2 fully saturated rings. The molecule has 1 amide bonds. The number of anilines is 3. The largest absolute Gasteiger partial charge is 0.367 e. The van der Waals surface area contributed by atoms with Crippen LogP contribution in [0.1, 0.15) is 24.2 Å². The number of carbonyl (C=O) groups is 1. The summed E-state index contributed by atoms with van der Waals surface area (Å²) < 4.78 is 0. The van der Waals surface area contributed by atoms with Crippen LogP contribution in [0.2, 0.25) is 0 Å². The van der Waals surface area contributed by atoms with E-state index < -0.39 is 0 Å². The van der Waals surface area contributed by atoms with Gasteiger partial charge in [-0.3, -0.25) is 4.79 Å². The van der Waals surface area contributed by atoms with Gasteiger partial charge in [-0.1, -0.05) is 0 Å². The SMILES string of the molecule is Cc1cc(C)nc(N2CCN(c3ccc(NC(=O)C4CC4)nc3)CC2)n1. The van der Waals surface area contributed by atoms with Gasteiger partial charge in [0, 0.05) is 43.5 Å². The number of carbonyl (C=O) groups excluding carboxylic acids is 1. The summed E-state index contributed by atoms with van der Waals surface area (Å²) in [6.45, 7) is 7.55. The fourth-order valence-corrected chi connectivity index (χ4v) is 3.23. The van der Waals surface area contributed by atoms with Crippen molar-refractivity contribution in [2.75, 3.05) is 41.3 Å². The van der Waals surface area contributed by atoms with Gasteiger partial charge in [0.15, 0.2) is 0 Å². The van der Waals surface area contributed by atoms with Crippen LogP contribution in [0, 0.1) is 19.8 Å². The Hall–Kier alpha value is -2.70. The molecule has 0 atom stereocenters. The van der Waals surface area contributed by atoms with E-state index in [1.54, 1.807) is 0 Å². The number of nitrogens with one attached hydrogen (secondary N) is 1. The molecule has 2 aromatic rings. The summed E-state index contributed by atoms with van der Waals surface area (Å²) in [5.74, 6) is 1.73. The number of nitrogens with zero attached hydrogens (tertiary/aromatic N) is 5. The highest BCUT2D eigenvalue weighted by Gasteiger charge is 2.29. The van der Waals surface area contributed by atoms with Crippen molar-refractivity contribution in [3.8, 4) is 0 Å². The van der Waals surface area contributed by atoms with E-state index in [2.05, 4.69) is 30.1 Å². The number of hydrogen-bond acceptors (Lipinski definition) is 6. The van der Waals surface area contributed by atoms with Crippen molar-refractivity contribution in [1.82, 2.24) is 15.0 Å². The molecule has 1 N–H and O–H groups in total. The number of amides is 1. The maximum Gasteiger partial charge on any atom is 0.228 e. The fraction of sp³-hybridized carbons (Fsp3) is 0.474. The van der Waals surface area contributed by atoms with Crippen LogP contribution in [0.25, 0.3) is 0 Å². The lowest BCUT2D eigenvalue weighted by molar-refractivity contribution is -0.117. The molecule has 3 heterocycles. The van der Waals surface area contributed by atoms with E-state index >= 15 is 0 Å². The third kappa shape index (κ3) is 3.76. The van der Waals surface area contributed by atoms with E-state index in [4.69, 9.17) is 0 Å². The second kappa shape index (κ2) is 6.90. The third-order valence-corrected chi connectivity index (χ3v) is 4.85. The van der Waals surface area contributed by atoms with Crippen LogP contribution >= 0.6 is 0 Å². The van der Waals surface area contributed by atoms with Gasteiger partial charge in [-0.2, -0.15) is 0 Å². The van der Waals surface area contributed by atoms with Crippen molar-refractivity contribution in [3.63, 3.8) is 0 Å². The van der Waals surface area contributed by atoms with Crippen LogP contribution in [0.4, 0.5) is 17.5 Å². The van der Waals surface area contributed by atoms with Crippen LogP contribution in [0.15, 0.2) is 24.4 Å². The molecule has 2 aromatic heterocycles. The van der Waals surface area contributed by atoms with Crippen LogP contribution in [-0.4, -0.2) is 47.0 Å². The highest BCUT2D eigenvalue weighted by molar-refractivity contribution is 5.93. The van der Waals surface area contributed by atoms with Gasteiger partial charge in [-0.15, -0.1) is 0 Å². The molecule has 2 aliphatic rings. The highest BCUT2D eigenvalue weighted by Crippen LogP contribution is 2.30. The average Bonchev–Trinajstić information content (AvgIpc) is 3.47. The molecule has 0 radical (unpaired) electrons. The minimum atomic E-state index is 0.0901. The van der Waals surface area contributed by atoms with Crippen LogP contribution in [-0.2, 0) is 4.79 Å². The fourth-order valence-electron chi connectivity index (χ4n) is 3.23. The molecule has 26 heavy (non-hydrogen) atoms. The monoisotopic (exact) mass is 352 g/mol. The Balaban J connectivity index is 1.36. The molecule has 1 aliphatic carbocycles. The lowest BCUT2D eigenvalue weighted by Gasteiger charge is -2.36. The molecule has 7 nitrogen and oxygen atoms in total. The summed E-state index contributed by atoms with van der Waals surface area (Å²) in [7, 11) is 0. The topological polar surface area (TPSA) is 74.2 Å². The van der Waals surface area contributed by atoms with Crippen LogP contribution < -0.4 is 15.1 Å². The van der Waals surface area contributed by atoms with Crippen molar-refractivity contribution >= 4 is 23.4 Å². The van der Waals surface area contributed by atoms with Crippen molar-refractivity contribution in [2.45, 2.75) is 26.7 Å². The van der Waals surface area contributed by atoms with E-state index in [0.717, 1.165) is 62.0 Å². The molecule has 0 spiro atoms. The number of hydrogen-bond donors (Lipinski definition) is 1. The second-order valence-corrected chi connectivity index (χ2v) is 7.09. The number of pyridine rings is 1. The molecule has 136 valence electrons. The Morgan fingerprint density at radius 3 is 2.27 bits per heavy atom. The molecule has 1 saturated carbocycles. The number of piperazine rings is 1. The van der Waals surface area contributed by atoms with Gasteiger partial charge in [0.2, 0.25) is 11.9 Å². The van der Waals surface area contributed by atoms with E-state index in [0.29, 0.717) is 5.82 Å². The predicted molar refractivity (Wildman–Crippen MR) is 102 cm³/mol. The van der Waals surface area contributed by atoms with E-state index in [9.17, 15) is 4.79 Å². The first-order valence-corrected chi connectivity index (χ1v) is 9.17. The Morgan fingerprint density at radius 1 is 1.04 bits per heavy atom. The first-order valence-electron chi connectivity index (χ1n) is 9.17. The summed E-state index contributed by atoms with van der Waals surface area (Å²) in [6, 6.07) is 5.91. The number of aromatic nitrogens is 3. The summed E-state index contributed by atoms with van der Waals surface area (Å²) in [5, 5.41) is 2.88. The zero-order chi connectivity index (χ0) is 18.1. The zero-order valence-corrected chi connectivity index (χ0v) is 15.3. The lowest BCUT2D eigenvalue weighted by Crippen LogP contribution is -2.47. The van der Waals surface area contributed by atoms with Crippen molar-refractivity contribution in [1.29, 1.82) is 0 Å². The van der Waals surface area contributed by atoms with Gasteiger partial charge in [-0.05, 0) is 44.9 Å². The third-order valence-electron chi connectivity index (χ3n) is 4.85. The van der Waals surface area contributed by atoms with Crippen molar-refractivity contribution < 1.29 is 4.79 Å². The van der Waals surface area contributed by atoms with Gasteiger partial charge < -0.3 is 15.1 Å². The van der Waals surface area contributed by atoms with Gasteiger partial charge >= 0.3 is 0 Å². The number of aryl methyl sites for hydroxylation is 2. The van der Waals surface area contributed by atoms with Gasteiger partial charge in [-0.25, -0.2) is 15.0 Å². The van der Waals surface area contributed by atoms with E-state index in [-0.39, 0.29) is 11.8 Å². The molecule has 4 rings (SSSR count). The molecular formula is C19H24N6O. The van der Waals surface area contributed by atoms with Crippen LogP contribution in [0.5, 0.6) is 0 Å². The first-order chi connectivity index (χ1) is 12.6. The summed E-state index contributed by atoms with van der Waals surface area (Å²) in [5.41, 5.74) is 3.08.